The van der Waals surface area contributed by atoms with Gasteiger partial charge in [-0.05, 0) is 38.2 Å². The van der Waals surface area contributed by atoms with E-state index in [1.807, 2.05) is 22.8 Å². The van der Waals surface area contributed by atoms with Crippen LogP contribution in [0.2, 0.25) is 0 Å². The molecule has 1 atom stereocenters. The first-order chi connectivity index (χ1) is 14.2. The highest BCUT2D eigenvalue weighted by molar-refractivity contribution is 5.61. The van der Waals surface area contributed by atoms with Gasteiger partial charge < -0.3 is 15.3 Å². The van der Waals surface area contributed by atoms with Gasteiger partial charge in [0.1, 0.15) is 11.6 Å². The number of anilines is 2. The van der Waals surface area contributed by atoms with Gasteiger partial charge in [-0.15, -0.1) is 0 Å². The van der Waals surface area contributed by atoms with E-state index < -0.39 is 0 Å². The molecule has 0 saturated carbocycles. The zero-order valence-electron chi connectivity index (χ0n) is 16.8. The number of pyridine rings is 1. The van der Waals surface area contributed by atoms with E-state index in [0.717, 1.165) is 65.4 Å². The summed E-state index contributed by atoms with van der Waals surface area (Å²) in [6.45, 7) is 3.81. The second-order valence-corrected chi connectivity index (χ2v) is 7.56. The van der Waals surface area contributed by atoms with Gasteiger partial charge in [0.05, 0.1) is 6.20 Å². The average molecular weight is 398 g/mol. The van der Waals surface area contributed by atoms with Crippen molar-refractivity contribution in [2.75, 3.05) is 23.4 Å². The fourth-order valence-corrected chi connectivity index (χ4v) is 4.08. The number of piperidine rings is 1. The lowest BCUT2D eigenvalue weighted by molar-refractivity contribution is -0.905. The molecular formula is C21H29N6O2+. The number of aromatic nitrogens is 4. The van der Waals surface area contributed by atoms with Crippen LogP contribution in [0.25, 0.3) is 5.65 Å². The molecule has 29 heavy (non-hydrogen) atoms. The molecule has 3 N–H and O–H groups in total. The van der Waals surface area contributed by atoms with Crippen LogP contribution in [0.15, 0.2) is 36.8 Å². The molecule has 1 aliphatic rings. The second kappa shape index (κ2) is 8.65. The third-order valence-corrected chi connectivity index (χ3v) is 5.62. The Labute approximate surface area is 170 Å². The third-order valence-electron chi connectivity index (χ3n) is 5.62. The molecule has 0 spiro atoms. The van der Waals surface area contributed by atoms with Crippen molar-refractivity contribution in [2.24, 2.45) is 0 Å². The molecule has 1 fully saturated rings. The first-order valence-electron chi connectivity index (χ1n) is 10.4. The monoisotopic (exact) mass is 397 g/mol. The Morgan fingerprint density at radius 2 is 2.24 bits per heavy atom. The van der Waals surface area contributed by atoms with Gasteiger partial charge in [-0.1, -0.05) is 6.92 Å². The van der Waals surface area contributed by atoms with Gasteiger partial charge in [-0.25, -0.2) is 4.98 Å². The zero-order valence-corrected chi connectivity index (χ0v) is 16.8. The van der Waals surface area contributed by atoms with Crippen molar-refractivity contribution in [1.82, 2.24) is 14.6 Å². The predicted octanol–water partition coefficient (Wildman–Crippen LogP) is 2.17. The summed E-state index contributed by atoms with van der Waals surface area (Å²) >= 11 is 0. The Hall–Kier alpha value is -2.87. The molecule has 3 aromatic heterocycles. The minimum absolute atomic E-state index is 0.191. The highest BCUT2D eigenvalue weighted by Crippen LogP contribution is 2.28. The van der Waals surface area contributed by atoms with Gasteiger partial charge in [-0.3, -0.25) is 5.21 Å². The molecule has 0 radical (unpaired) electrons. The topological polar surface area (TPSA) is 89.8 Å². The van der Waals surface area contributed by atoms with Crippen molar-refractivity contribution >= 4 is 17.3 Å². The van der Waals surface area contributed by atoms with Crippen LogP contribution in [0.5, 0.6) is 0 Å². The predicted molar refractivity (Wildman–Crippen MR) is 110 cm³/mol. The molecule has 3 aromatic rings. The van der Waals surface area contributed by atoms with Crippen molar-refractivity contribution in [2.45, 2.75) is 51.6 Å². The average Bonchev–Trinajstić information content (AvgIpc) is 3.16. The molecule has 154 valence electrons. The Morgan fingerprint density at radius 1 is 1.34 bits per heavy atom. The molecule has 0 bridgehead atoms. The van der Waals surface area contributed by atoms with Crippen molar-refractivity contribution in [3.8, 4) is 0 Å². The maximum absolute atomic E-state index is 9.65. The Balaban J connectivity index is 1.69. The van der Waals surface area contributed by atoms with Crippen LogP contribution in [-0.2, 0) is 13.0 Å². The van der Waals surface area contributed by atoms with Crippen molar-refractivity contribution in [1.29, 1.82) is 0 Å². The van der Waals surface area contributed by atoms with E-state index in [0.29, 0.717) is 12.6 Å². The SMILES string of the molecule is CCc1cnn2c(NCc3ccc[n+](O)c3)cc(N3CCCC[C@H]3CCO)nc12. The zero-order chi connectivity index (χ0) is 20.2. The molecule has 8 nitrogen and oxygen atoms in total. The molecule has 0 amide bonds. The van der Waals surface area contributed by atoms with Crippen LogP contribution in [0.4, 0.5) is 11.6 Å². The summed E-state index contributed by atoms with van der Waals surface area (Å²) in [5.74, 6) is 1.80. The molecule has 4 rings (SSSR count). The number of hydrogen-bond acceptors (Lipinski definition) is 6. The molecule has 0 unspecified atom stereocenters. The van der Waals surface area contributed by atoms with Gasteiger partial charge in [0.2, 0.25) is 12.4 Å². The summed E-state index contributed by atoms with van der Waals surface area (Å²) in [6, 6.07) is 6.13. The maximum Gasteiger partial charge on any atom is 0.227 e. The van der Waals surface area contributed by atoms with Gasteiger partial charge in [0.25, 0.3) is 0 Å². The normalized spacial score (nSPS) is 17.0. The summed E-state index contributed by atoms with van der Waals surface area (Å²) in [5.41, 5.74) is 2.94. The van der Waals surface area contributed by atoms with Crippen LogP contribution in [0, 0.1) is 0 Å². The second-order valence-electron chi connectivity index (χ2n) is 7.56. The van der Waals surface area contributed by atoms with E-state index in [2.05, 4.69) is 22.2 Å². The lowest BCUT2D eigenvalue weighted by atomic mass is 9.99. The Kier molecular flexibility index (Phi) is 5.80. The van der Waals surface area contributed by atoms with Gasteiger partial charge in [0, 0.05) is 53.7 Å². The Morgan fingerprint density at radius 3 is 3.03 bits per heavy atom. The largest absolute Gasteiger partial charge is 0.396 e. The number of aliphatic hydroxyl groups is 1. The summed E-state index contributed by atoms with van der Waals surface area (Å²) in [4.78, 5) is 7.29. The number of aliphatic hydroxyl groups excluding tert-OH is 1. The van der Waals surface area contributed by atoms with E-state index in [-0.39, 0.29) is 6.61 Å². The molecule has 1 saturated heterocycles. The molecule has 4 heterocycles. The molecule has 1 aliphatic heterocycles. The lowest BCUT2D eigenvalue weighted by Gasteiger charge is -2.36. The Bertz CT molecular complexity index is 971. The van der Waals surface area contributed by atoms with Crippen molar-refractivity contribution in [3.05, 3.63) is 47.9 Å². The van der Waals surface area contributed by atoms with E-state index in [9.17, 15) is 10.3 Å². The van der Waals surface area contributed by atoms with Gasteiger partial charge in [0.15, 0.2) is 5.65 Å². The number of nitrogens with one attached hydrogen (secondary N) is 1. The number of nitrogens with zero attached hydrogens (tertiary/aromatic N) is 5. The van der Waals surface area contributed by atoms with Gasteiger partial charge >= 0.3 is 0 Å². The van der Waals surface area contributed by atoms with Crippen LogP contribution in [0.1, 0.15) is 43.7 Å². The number of fused-ring (bicyclic) bond motifs is 1. The molecule has 0 aliphatic carbocycles. The summed E-state index contributed by atoms with van der Waals surface area (Å²) in [5, 5.41) is 27.1. The van der Waals surface area contributed by atoms with Crippen LogP contribution in [-0.4, -0.2) is 44.1 Å². The number of rotatable bonds is 7. The minimum Gasteiger partial charge on any atom is -0.396 e. The van der Waals surface area contributed by atoms with E-state index in [4.69, 9.17) is 4.98 Å². The van der Waals surface area contributed by atoms with Crippen LogP contribution >= 0.6 is 0 Å². The van der Waals surface area contributed by atoms with E-state index >= 15 is 0 Å². The minimum atomic E-state index is 0.191. The maximum atomic E-state index is 9.65. The van der Waals surface area contributed by atoms with Crippen molar-refractivity contribution < 1.29 is 15.0 Å². The quantitative estimate of drug-likeness (QED) is 0.418. The van der Waals surface area contributed by atoms with Crippen LogP contribution in [0.3, 0.4) is 0 Å². The standard InChI is InChI=1S/C21H29N6O2/c1-2-17-14-23-27-19(22-13-16-6-5-9-25(29)15-16)12-20(24-21(17)27)26-10-4-3-7-18(26)8-11-28/h5-6,9,12,14-15,18,22,28-29H,2-4,7-8,10-11,13H2,1H3/q+1/t18-/m0/s1. The first-order valence-corrected chi connectivity index (χ1v) is 10.4. The van der Waals surface area contributed by atoms with Crippen molar-refractivity contribution in [3.63, 3.8) is 0 Å². The molecular weight excluding hydrogens is 368 g/mol. The first kappa shape index (κ1) is 19.4. The summed E-state index contributed by atoms with van der Waals surface area (Å²) < 4.78 is 2.91. The summed E-state index contributed by atoms with van der Waals surface area (Å²) in [7, 11) is 0. The fraction of sp³-hybridized carbons (Fsp3) is 0.476. The number of aryl methyl sites for hydroxylation is 1. The molecule has 0 aromatic carbocycles. The molecule has 8 heteroatoms. The highest BCUT2D eigenvalue weighted by atomic mass is 16.5. The van der Waals surface area contributed by atoms with E-state index in [1.54, 1.807) is 18.5 Å². The number of hydrogen-bond donors (Lipinski definition) is 3. The highest BCUT2D eigenvalue weighted by Gasteiger charge is 2.24. The lowest BCUT2D eigenvalue weighted by Crippen LogP contribution is -2.40. The third kappa shape index (κ3) is 4.12. The van der Waals surface area contributed by atoms with Gasteiger partial charge in [-0.2, -0.15) is 9.61 Å². The summed E-state index contributed by atoms with van der Waals surface area (Å²) in [6.07, 6.45) is 10.2. The van der Waals surface area contributed by atoms with E-state index in [1.165, 1.54) is 6.42 Å². The van der Waals surface area contributed by atoms with Crippen LogP contribution < -0.4 is 14.9 Å². The smallest absolute Gasteiger partial charge is 0.227 e. The fourth-order valence-electron chi connectivity index (χ4n) is 4.08.